The molecule has 0 radical (unpaired) electrons. The summed E-state index contributed by atoms with van der Waals surface area (Å²) < 4.78 is 12.4. The van der Waals surface area contributed by atoms with Gasteiger partial charge in [-0.15, -0.1) is 0 Å². The fourth-order valence-electron chi connectivity index (χ4n) is 8.09. The van der Waals surface area contributed by atoms with Crippen LogP contribution < -0.4 is 0 Å². The van der Waals surface area contributed by atoms with Gasteiger partial charge in [-0.05, 0) is 74.0 Å². The molecule has 4 aliphatic carbocycles. The van der Waals surface area contributed by atoms with Crippen molar-refractivity contribution in [2.75, 3.05) is 13.2 Å². The van der Waals surface area contributed by atoms with E-state index in [9.17, 15) is 10.2 Å². The standard InChI is InChI=1S/C21H34O4.C2H6/c1-19-6-3-14(22)11-13(19)12-17(23)18-15(19)4-7-20(2)16(18)5-8-21(20)24-9-10-25-21;1-2/h13-18,22-23H,3-12H2,1-2H3;1-2H3/t13?,14-,15?,16?,17-,18?,19-,20-;/m0./s1. The zero-order valence-corrected chi connectivity index (χ0v) is 17.7. The highest BCUT2D eigenvalue weighted by Gasteiger charge is 2.68. The number of hydrogen-bond donors (Lipinski definition) is 2. The summed E-state index contributed by atoms with van der Waals surface area (Å²) in [5, 5.41) is 21.3. The lowest BCUT2D eigenvalue weighted by Crippen LogP contribution is -2.60. The summed E-state index contributed by atoms with van der Waals surface area (Å²) in [5.74, 6) is 1.56. The van der Waals surface area contributed by atoms with Crippen molar-refractivity contribution in [2.45, 2.75) is 97.1 Å². The lowest BCUT2D eigenvalue weighted by molar-refractivity contribution is -0.256. The Hall–Kier alpha value is -0.160. The summed E-state index contributed by atoms with van der Waals surface area (Å²) in [4.78, 5) is 0. The van der Waals surface area contributed by atoms with Crippen LogP contribution in [0.5, 0.6) is 0 Å². The third kappa shape index (κ3) is 2.69. The van der Waals surface area contributed by atoms with Gasteiger partial charge in [0.15, 0.2) is 5.79 Å². The van der Waals surface area contributed by atoms with Crippen molar-refractivity contribution in [3.05, 3.63) is 0 Å². The van der Waals surface area contributed by atoms with Crippen LogP contribution in [0.25, 0.3) is 0 Å². The zero-order valence-electron chi connectivity index (χ0n) is 17.7. The zero-order chi connectivity index (χ0) is 19.4. The summed E-state index contributed by atoms with van der Waals surface area (Å²) >= 11 is 0. The van der Waals surface area contributed by atoms with E-state index in [0.29, 0.717) is 23.7 Å². The molecule has 0 bridgehead atoms. The highest BCUT2D eigenvalue weighted by atomic mass is 16.7. The molecule has 5 aliphatic rings. The van der Waals surface area contributed by atoms with Crippen LogP contribution in [0.4, 0.5) is 0 Å². The van der Waals surface area contributed by atoms with Crippen LogP contribution >= 0.6 is 0 Å². The molecule has 0 aromatic carbocycles. The largest absolute Gasteiger partial charge is 0.393 e. The van der Waals surface area contributed by atoms with E-state index in [1.165, 1.54) is 6.42 Å². The minimum absolute atomic E-state index is 0.0447. The summed E-state index contributed by atoms with van der Waals surface area (Å²) in [6, 6.07) is 0. The molecule has 0 amide bonds. The lowest BCUT2D eigenvalue weighted by atomic mass is 9.44. The van der Waals surface area contributed by atoms with Crippen molar-refractivity contribution in [3.8, 4) is 0 Å². The molecule has 4 unspecified atom stereocenters. The van der Waals surface area contributed by atoms with Gasteiger partial charge < -0.3 is 19.7 Å². The maximum absolute atomic E-state index is 11.2. The van der Waals surface area contributed by atoms with Crippen molar-refractivity contribution >= 4 is 0 Å². The fourth-order valence-corrected chi connectivity index (χ4v) is 8.09. The average Bonchev–Trinajstić information content (AvgIpc) is 3.25. The Kier molecular flexibility index (Phi) is 5.19. The minimum atomic E-state index is -0.386. The summed E-state index contributed by atoms with van der Waals surface area (Å²) in [6.07, 6.45) is 7.85. The van der Waals surface area contributed by atoms with Gasteiger partial charge in [0.05, 0.1) is 25.4 Å². The first kappa shape index (κ1) is 20.1. The maximum Gasteiger partial charge on any atom is 0.174 e. The Bertz CT molecular complexity index is 544. The van der Waals surface area contributed by atoms with Gasteiger partial charge in [0, 0.05) is 11.8 Å². The van der Waals surface area contributed by atoms with Gasteiger partial charge >= 0.3 is 0 Å². The highest BCUT2D eigenvalue weighted by molar-refractivity contribution is 5.14. The van der Waals surface area contributed by atoms with E-state index in [1.54, 1.807) is 0 Å². The molecule has 4 nitrogen and oxygen atoms in total. The Balaban J connectivity index is 0.000000872. The van der Waals surface area contributed by atoms with Gasteiger partial charge in [0.1, 0.15) is 0 Å². The van der Waals surface area contributed by atoms with E-state index in [1.807, 2.05) is 13.8 Å². The quantitative estimate of drug-likeness (QED) is 0.663. The molecule has 4 saturated carbocycles. The number of rotatable bonds is 0. The smallest absolute Gasteiger partial charge is 0.174 e. The monoisotopic (exact) mass is 380 g/mol. The minimum Gasteiger partial charge on any atom is -0.393 e. The molecular formula is C23H40O4. The van der Waals surface area contributed by atoms with Gasteiger partial charge in [-0.25, -0.2) is 0 Å². The Labute approximate surface area is 165 Å². The van der Waals surface area contributed by atoms with E-state index in [4.69, 9.17) is 9.47 Å². The van der Waals surface area contributed by atoms with E-state index in [-0.39, 0.29) is 28.8 Å². The summed E-state index contributed by atoms with van der Waals surface area (Å²) in [5.41, 5.74) is 0.334. The highest BCUT2D eigenvalue weighted by Crippen LogP contribution is 2.69. The molecule has 1 saturated heterocycles. The molecule has 8 atom stereocenters. The number of aliphatic hydroxyl groups is 2. The van der Waals surface area contributed by atoms with Crippen LogP contribution in [-0.2, 0) is 9.47 Å². The van der Waals surface area contributed by atoms with Gasteiger partial charge in [0.25, 0.3) is 0 Å². The molecule has 1 spiro atoms. The first-order chi connectivity index (χ1) is 12.9. The molecular weight excluding hydrogens is 340 g/mol. The Morgan fingerprint density at radius 3 is 2.19 bits per heavy atom. The van der Waals surface area contributed by atoms with Crippen LogP contribution in [0.1, 0.15) is 79.1 Å². The summed E-state index contributed by atoms with van der Waals surface area (Å²) in [6.45, 7) is 10.3. The van der Waals surface area contributed by atoms with Crippen LogP contribution in [0, 0.1) is 34.5 Å². The molecule has 5 fully saturated rings. The predicted molar refractivity (Wildman–Crippen MR) is 105 cm³/mol. The molecule has 0 aromatic rings. The Morgan fingerprint density at radius 2 is 1.48 bits per heavy atom. The van der Waals surface area contributed by atoms with Crippen LogP contribution in [0.2, 0.25) is 0 Å². The second kappa shape index (κ2) is 6.97. The van der Waals surface area contributed by atoms with Crippen molar-refractivity contribution in [1.82, 2.24) is 0 Å². The van der Waals surface area contributed by atoms with Gasteiger partial charge in [0.2, 0.25) is 0 Å². The van der Waals surface area contributed by atoms with Crippen molar-refractivity contribution in [2.24, 2.45) is 34.5 Å². The topological polar surface area (TPSA) is 58.9 Å². The second-order valence-corrected chi connectivity index (χ2v) is 10.2. The maximum atomic E-state index is 11.2. The number of hydrogen-bond acceptors (Lipinski definition) is 4. The first-order valence-electron chi connectivity index (χ1n) is 11.5. The Morgan fingerprint density at radius 1 is 0.815 bits per heavy atom. The second-order valence-electron chi connectivity index (χ2n) is 10.2. The van der Waals surface area contributed by atoms with Crippen LogP contribution in [0.3, 0.4) is 0 Å². The molecule has 27 heavy (non-hydrogen) atoms. The van der Waals surface area contributed by atoms with E-state index < -0.39 is 0 Å². The van der Waals surface area contributed by atoms with E-state index >= 15 is 0 Å². The molecule has 1 heterocycles. The van der Waals surface area contributed by atoms with Gasteiger partial charge in [-0.3, -0.25) is 0 Å². The number of fused-ring (bicyclic) bond motifs is 6. The van der Waals surface area contributed by atoms with E-state index in [2.05, 4.69) is 13.8 Å². The van der Waals surface area contributed by atoms with Gasteiger partial charge in [-0.2, -0.15) is 0 Å². The molecule has 0 aromatic heterocycles. The SMILES string of the molecule is CC.C[C@]12CC[C@H](O)CC1C[C@H](O)C1C2CC[C@@]2(C)C1CCC21OCCO1. The number of aliphatic hydroxyl groups excluding tert-OH is 2. The van der Waals surface area contributed by atoms with Gasteiger partial charge in [-0.1, -0.05) is 27.7 Å². The molecule has 5 rings (SSSR count). The molecule has 156 valence electrons. The van der Waals surface area contributed by atoms with Crippen molar-refractivity contribution in [1.29, 1.82) is 0 Å². The van der Waals surface area contributed by atoms with Crippen LogP contribution in [0.15, 0.2) is 0 Å². The number of ether oxygens (including phenoxy) is 2. The normalized spacial score (nSPS) is 53.1. The fraction of sp³-hybridized carbons (Fsp3) is 1.00. The molecule has 2 N–H and O–H groups in total. The van der Waals surface area contributed by atoms with Crippen molar-refractivity contribution < 1.29 is 19.7 Å². The van der Waals surface area contributed by atoms with E-state index in [0.717, 1.165) is 58.2 Å². The molecule has 1 aliphatic heterocycles. The predicted octanol–water partition coefficient (Wildman–Crippen LogP) is 4.13. The molecule has 4 heteroatoms. The van der Waals surface area contributed by atoms with Crippen molar-refractivity contribution in [3.63, 3.8) is 0 Å². The summed E-state index contributed by atoms with van der Waals surface area (Å²) in [7, 11) is 0. The van der Waals surface area contributed by atoms with Crippen LogP contribution in [-0.4, -0.2) is 41.4 Å². The first-order valence-corrected chi connectivity index (χ1v) is 11.5. The lowest BCUT2D eigenvalue weighted by Gasteiger charge is -2.62. The third-order valence-corrected chi connectivity index (χ3v) is 9.45. The third-order valence-electron chi connectivity index (χ3n) is 9.45. The average molecular weight is 381 g/mol.